The van der Waals surface area contributed by atoms with Gasteiger partial charge in [0.25, 0.3) is 0 Å². The highest BCUT2D eigenvalue weighted by atomic mass is 16.5. The van der Waals surface area contributed by atoms with Gasteiger partial charge in [0.15, 0.2) is 0 Å². The van der Waals surface area contributed by atoms with Gasteiger partial charge >= 0.3 is 11.9 Å². The van der Waals surface area contributed by atoms with Crippen LogP contribution in [0.15, 0.2) is 0 Å². The van der Waals surface area contributed by atoms with Crippen molar-refractivity contribution in [1.29, 1.82) is 0 Å². The first-order valence-corrected chi connectivity index (χ1v) is 5.15. The highest BCUT2D eigenvalue weighted by Crippen LogP contribution is 2.01. The van der Waals surface area contributed by atoms with Gasteiger partial charge in [-0.2, -0.15) is 0 Å². The van der Waals surface area contributed by atoms with Crippen LogP contribution in [-0.4, -0.2) is 38.2 Å². The second kappa shape index (κ2) is 8.23. The first-order valence-electron chi connectivity index (χ1n) is 5.15. The highest BCUT2D eigenvalue weighted by Gasteiger charge is 2.18. The highest BCUT2D eigenvalue weighted by molar-refractivity contribution is 5.77. The Hall–Kier alpha value is -1.10. The van der Waals surface area contributed by atoms with E-state index in [9.17, 15) is 9.59 Å². The Kier molecular flexibility index (Phi) is 7.62. The van der Waals surface area contributed by atoms with Crippen LogP contribution >= 0.6 is 0 Å². The van der Waals surface area contributed by atoms with Gasteiger partial charge in [-0.1, -0.05) is 0 Å². The number of nitrogens with one attached hydrogen (secondary N) is 1. The van der Waals surface area contributed by atoms with E-state index in [2.05, 4.69) is 5.32 Å². The molecule has 88 valence electrons. The third-order valence-corrected chi connectivity index (χ3v) is 1.86. The van der Waals surface area contributed by atoms with Crippen LogP contribution in [0, 0.1) is 0 Å². The maximum absolute atomic E-state index is 11.3. The number of likely N-dealkylation sites (N-methyl/N-ethyl adjacent to an activating group) is 1. The summed E-state index contributed by atoms with van der Waals surface area (Å²) in [6.45, 7) is 4.20. The number of hydrogen-bond donors (Lipinski definition) is 1. The molecule has 0 aliphatic heterocycles. The van der Waals surface area contributed by atoms with E-state index in [1.807, 2.05) is 0 Å². The normalized spacial score (nSPS) is 11.9. The minimum absolute atomic E-state index is 0.220. The van der Waals surface area contributed by atoms with Crippen LogP contribution in [0.1, 0.15) is 26.7 Å². The van der Waals surface area contributed by atoms with Gasteiger partial charge in [0, 0.05) is 6.42 Å². The number of carbonyl (C=O) groups excluding carboxylic acids is 2. The maximum atomic E-state index is 11.3. The number of hydrogen-bond acceptors (Lipinski definition) is 5. The molecule has 0 aliphatic rings. The second-order valence-corrected chi connectivity index (χ2v) is 2.94. The van der Waals surface area contributed by atoms with Crippen molar-refractivity contribution in [2.24, 2.45) is 0 Å². The van der Waals surface area contributed by atoms with Gasteiger partial charge in [-0.3, -0.25) is 9.59 Å². The molecule has 0 aliphatic carbocycles. The monoisotopic (exact) mass is 217 g/mol. The fourth-order valence-corrected chi connectivity index (χ4v) is 1.12. The largest absolute Gasteiger partial charge is 0.466 e. The molecule has 5 heteroatoms. The number of carbonyl (C=O) groups is 2. The van der Waals surface area contributed by atoms with E-state index >= 15 is 0 Å². The zero-order valence-corrected chi connectivity index (χ0v) is 9.54. The van der Waals surface area contributed by atoms with E-state index in [1.165, 1.54) is 0 Å². The molecule has 0 heterocycles. The van der Waals surface area contributed by atoms with Crippen molar-refractivity contribution in [3.8, 4) is 0 Å². The molecule has 0 saturated carbocycles. The average molecular weight is 217 g/mol. The van der Waals surface area contributed by atoms with Crippen molar-refractivity contribution < 1.29 is 19.1 Å². The SMILES string of the molecule is CCOC(=O)CC[C@@H](NC)C(=O)OCC. The molecule has 0 aromatic heterocycles. The van der Waals surface area contributed by atoms with E-state index in [4.69, 9.17) is 9.47 Å². The molecule has 0 saturated heterocycles. The van der Waals surface area contributed by atoms with Crippen molar-refractivity contribution in [2.75, 3.05) is 20.3 Å². The van der Waals surface area contributed by atoms with E-state index in [0.29, 0.717) is 19.6 Å². The Morgan fingerprint density at radius 3 is 2.27 bits per heavy atom. The fraction of sp³-hybridized carbons (Fsp3) is 0.800. The molecule has 0 bridgehead atoms. The van der Waals surface area contributed by atoms with Crippen LogP contribution in [0.4, 0.5) is 0 Å². The topological polar surface area (TPSA) is 64.6 Å². The zero-order chi connectivity index (χ0) is 11.7. The summed E-state index contributed by atoms with van der Waals surface area (Å²) >= 11 is 0. The standard InChI is InChI=1S/C10H19NO4/c1-4-14-9(12)7-6-8(11-3)10(13)15-5-2/h8,11H,4-7H2,1-3H3/t8-/m1/s1. The first-order chi connectivity index (χ1) is 7.15. The third kappa shape index (κ3) is 6.06. The van der Waals surface area contributed by atoms with Gasteiger partial charge < -0.3 is 14.8 Å². The van der Waals surface area contributed by atoms with Crippen LogP contribution in [0.3, 0.4) is 0 Å². The van der Waals surface area contributed by atoms with Gasteiger partial charge in [0.1, 0.15) is 6.04 Å². The van der Waals surface area contributed by atoms with Crippen molar-refractivity contribution >= 4 is 11.9 Å². The second-order valence-electron chi connectivity index (χ2n) is 2.94. The summed E-state index contributed by atoms with van der Waals surface area (Å²) in [6, 6.07) is -0.436. The molecule has 0 aromatic rings. The Labute approximate surface area is 90.1 Å². The maximum Gasteiger partial charge on any atom is 0.323 e. The minimum Gasteiger partial charge on any atom is -0.466 e. The summed E-state index contributed by atoms with van der Waals surface area (Å²) in [4.78, 5) is 22.3. The third-order valence-electron chi connectivity index (χ3n) is 1.86. The minimum atomic E-state index is -0.436. The number of rotatable bonds is 7. The first kappa shape index (κ1) is 13.9. The molecule has 0 aromatic carbocycles. The number of esters is 2. The fourth-order valence-electron chi connectivity index (χ4n) is 1.12. The predicted octanol–water partition coefficient (Wildman–Crippen LogP) is 0.481. The molecule has 1 atom stereocenters. The Balaban J connectivity index is 3.89. The lowest BCUT2D eigenvalue weighted by Gasteiger charge is -2.13. The van der Waals surface area contributed by atoms with E-state index in [1.54, 1.807) is 20.9 Å². The van der Waals surface area contributed by atoms with E-state index < -0.39 is 6.04 Å². The molecule has 5 nitrogen and oxygen atoms in total. The molecule has 15 heavy (non-hydrogen) atoms. The molecule has 0 amide bonds. The molecular weight excluding hydrogens is 198 g/mol. The molecule has 0 radical (unpaired) electrons. The van der Waals surface area contributed by atoms with Crippen molar-refractivity contribution in [3.63, 3.8) is 0 Å². The van der Waals surface area contributed by atoms with Crippen LogP contribution in [0.5, 0.6) is 0 Å². The summed E-state index contributed by atoms with van der Waals surface area (Å²) in [5.74, 6) is -0.619. The van der Waals surface area contributed by atoms with Crippen molar-refractivity contribution in [3.05, 3.63) is 0 Å². The summed E-state index contributed by atoms with van der Waals surface area (Å²) in [7, 11) is 1.66. The van der Waals surface area contributed by atoms with Crippen molar-refractivity contribution in [2.45, 2.75) is 32.7 Å². The molecule has 1 N–H and O–H groups in total. The molecule has 0 fully saturated rings. The molecule has 0 unspecified atom stereocenters. The van der Waals surface area contributed by atoms with E-state index in [-0.39, 0.29) is 18.4 Å². The van der Waals surface area contributed by atoms with Gasteiger partial charge in [-0.25, -0.2) is 0 Å². The number of ether oxygens (including phenoxy) is 2. The molecule has 0 rings (SSSR count). The van der Waals surface area contributed by atoms with E-state index in [0.717, 1.165) is 0 Å². The Bertz CT molecular complexity index is 206. The van der Waals surface area contributed by atoms with Crippen LogP contribution in [-0.2, 0) is 19.1 Å². The Morgan fingerprint density at radius 1 is 1.20 bits per heavy atom. The average Bonchev–Trinajstić information content (AvgIpc) is 2.19. The van der Waals surface area contributed by atoms with Crippen LogP contribution in [0.2, 0.25) is 0 Å². The predicted molar refractivity (Wildman–Crippen MR) is 55.3 cm³/mol. The molecule has 0 spiro atoms. The Morgan fingerprint density at radius 2 is 1.80 bits per heavy atom. The van der Waals surface area contributed by atoms with Gasteiger partial charge in [-0.05, 0) is 27.3 Å². The summed E-state index contributed by atoms with van der Waals surface area (Å²) < 4.78 is 9.59. The summed E-state index contributed by atoms with van der Waals surface area (Å²) in [6.07, 6.45) is 0.617. The summed E-state index contributed by atoms with van der Waals surface area (Å²) in [5.41, 5.74) is 0. The summed E-state index contributed by atoms with van der Waals surface area (Å²) in [5, 5.41) is 2.80. The molecular formula is C10H19NO4. The van der Waals surface area contributed by atoms with Crippen LogP contribution in [0.25, 0.3) is 0 Å². The zero-order valence-electron chi connectivity index (χ0n) is 9.54. The lowest BCUT2D eigenvalue weighted by atomic mass is 10.1. The van der Waals surface area contributed by atoms with Gasteiger partial charge in [0.2, 0.25) is 0 Å². The van der Waals surface area contributed by atoms with Gasteiger partial charge in [-0.15, -0.1) is 0 Å². The smallest absolute Gasteiger partial charge is 0.323 e. The quantitative estimate of drug-likeness (QED) is 0.628. The van der Waals surface area contributed by atoms with Crippen molar-refractivity contribution in [1.82, 2.24) is 5.32 Å². The lowest BCUT2D eigenvalue weighted by molar-refractivity contribution is -0.146. The van der Waals surface area contributed by atoms with Crippen LogP contribution < -0.4 is 5.32 Å². The lowest BCUT2D eigenvalue weighted by Crippen LogP contribution is -2.36. The van der Waals surface area contributed by atoms with Gasteiger partial charge in [0.05, 0.1) is 13.2 Å².